The van der Waals surface area contributed by atoms with Crippen LogP contribution in [0.3, 0.4) is 0 Å². The van der Waals surface area contributed by atoms with E-state index in [-0.39, 0.29) is 16.2 Å². The first-order valence-corrected chi connectivity index (χ1v) is 16.4. The van der Waals surface area contributed by atoms with Crippen molar-refractivity contribution in [3.8, 4) is 5.75 Å². The fourth-order valence-electron chi connectivity index (χ4n) is 2.09. The average Bonchev–Trinajstić information content (AvgIpc) is 2.50. The van der Waals surface area contributed by atoms with E-state index >= 15 is 0 Å². The molecule has 0 aliphatic carbocycles. The van der Waals surface area contributed by atoms with Crippen molar-refractivity contribution in [1.29, 1.82) is 0 Å². The molecule has 0 saturated carbocycles. The molecule has 0 aliphatic heterocycles. The summed E-state index contributed by atoms with van der Waals surface area (Å²) in [5.41, 5.74) is 0. The molecule has 3 nitrogen and oxygen atoms in total. The molecule has 1 aromatic carbocycles. The van der Waals surface area contributed by atoms with Gasteiger partial charge in [-0.05, 0) is 54.5 Å². The first-order chi connectivity index (χ1) is 12.6. The second kappa shape index (κ2) is 9.65. The fraction of sp³-hybridized carbons (Fsp3) is 0.727. The first kappa shape index (κ1) is 25.7. The van der Waals surface area contributed by atoms with Gasteiger partial charge in [-0.1, -0.05) is 59.2 Å². The van der Waals surface area contributed by atoms with Gasteiger partial charge in [0, 0.05) is 18.1 Å². The number of rotatable bonds is 9. The number of hydrogen-bond donors (Lipinski definition) is 0. The van der Waals surface area contributed by atoms with Crippen LogP contribution in [0.4, 0.5) is 0 Å². The Bertz CT molecular complexity index is 619. The van der Waals surface area contributed by atoms with Crippen molar-refractivity contribution < 1.29 is 13.6 Å². The van der Waals surface area contributed by atoms with Gasteiger partial charge in [-0.2, -0.15) is 0 Å². The van der Waals surface area contributed by atoms with Crippen LogP contribution in [0.1, 0.15) is 48.0 Å². The van der Waals surface area contributed by atoms with Crippen LogP contribution in [0, 0.1) is 0 Å². The van der Waals surface area contributed by atoms with Crippen molar-refractivity contribution in [2.75, 3.05) is 13.2 Å². The first-order valence-electron chi connectivity index (χ1n) is 10.3. The van der Waals surface area contributed by atoms with E-state index in [9.17, 15) is 0 Å². The zero-order valence-corrected chi connectivity index (χ0v) is 22.4. The molecule has 0 heterocycles. The molecule has 0 aliphatic rings. The summed E-state index contributed by atoms with van der Waals surface area (Å²) in [6.45, 7) is 23.9. The topological polar surface area (TPSA) is 27.7 Å². The number of hydrogen-bond acceptors (Lipinski definition) is 3. The second-order valence-corrected chi connectivity index (χ2v) is 20.7. The molecule has 0 fully saturated rings. The van der Waals surface area contributed by atoms with E-state index in [0.717, 1.165) is 12.2 Å². The highest BCUT2D eigenvalue weighted by molar-refractivity contribution is 6.74. The number of halogens is 1. The van der Waals surface area contributed by atoms with Gasteiger partial charge in [-0.3, -0.25) is 0 Å². The summed E-state index contributed by atoms with van der Waals surface area (Å²) < 4.78 is 19.1. The van der Waals surface area contributed by atoms with Crippen LogP contribution in [-0.2, 0) is 8.85 Å². The van der Waals surface area contributed by atoms with Gasteiger partial charge in [0.15, 0.2) is 16.6 Å². The molecule has 28 heavy (non-hydrogen) atoms. The Balaban J connectivity index is 2.80. The van der Waals surface area contributed by atoms with Gasteiger partial charge in [0.2, 0.25) is 0 Å². The van der Waals surface area contributed by atoms with E-state index in [4.69, 9.17) is 25.2 Å². The number of ether oxygens (including phenoxy) is 1. The minimum absolute atomic E-state index is 0.0580. The third kappa shape index (κ3) is 7.83. The number of benzene rings is 1. The summed E-state index contributed by atoms with van der Waals surface area (Å²) in [7, 11) is -3.61. The van der Waals surface area contributed by atoms with Gasteiger partial charge in [0.25, 0.3) is 0 Å². The summed E-state index contributed by atoms with van der Waals surface area (Å²) in [4.78, 5) is 0. The summed E-state index contributed by atoms with van der Waals surface area (Å²) in [5.74, 6) is 0.781. The van der Waals surface area contributed by atoms with Gasteiger partial charge in [0.1, 0.15) is 11.9 Å². The zero-order chi connectivity index (χ0) is 21.8. The highest BCUT2D eigenvalue weighted by Crippen LogP contribution is 2.38. The Hall–Kier alpha value is -0.336. The van der Waals surface area contributed by atoms with E-state index < -0.39 is 16.6 Å². The van der Waals surface area contributed by atoms with Gasteiger partial charge in [-0.15, -0.1) is 0 Å². The SMILES string of the molecule is CC(C)(C)[Si](C)(C)OCC[C@@H](CO[Si](C)(C)C(C)(C)C)Oc1cccc(Cl)c1. The lowest BCUT2D eigenvalue weighted by molar-refractivity contribution is 0.0962. The van der Waals surface area contributed by atoms with Crippen molar-refractivity contribution in [2.24, 2.45) is 0 Å². The van der Waals surface area contributed by atoms with E-state index in [2.05, 4.69) is 67.7 Å². The molecule has 0 N–H and O–H groups in total. The molecule has 0 spiro atoms. The molecule has 0 aromatic heterocycles. The Morgan fingerprint density at radius 3 is 1.93 bits per heavy atom. The molecular formula is C22H41ClO3Si2. The smallest absolute Gasteiger partial charge is 0.192 e. The molecule has 0 saturated heterocycles. The molecule has 0 amide bonds. The Kier molecular flexibility index (Phi) is 8.86. The van der Waals surface area contributed by atoms with Crippen molar-refractivity contribution in [3.63, 3.8) is 0 Å². The minimum atomic E-state index is -1.84. The van der Waals surface area contributed by atoms with Crippen molar-refractivity contribution >= 4 is 28.2 Å². The van der Waals surface area contributed by atoms with E-state index in [1.807, 2.05) is 24.3 Å². The van der Waals surface area contributed by atoms with E-state index in [1.165, 1.54) is 0 Å². The maximum absolute atomic E-state index is 6.45. The largest absolute Gasteiger partial charge is 0.488 e. The molecule has 0 radical (unpaired) electrons. The third-order valence-electron chi connectivity index (χ3n) is 6.24. The Labute approximate surface area is 180 Å². The predicted octanol–water partition coefficient (Wildman–Crippen LogP) is 7.52. The highest BCUT2D eigenvalue weighted by atomic mass is 35.5. The molecular weight excluding hydrogens is 404 g/mol. The molecule has 1 aromatic rings. The van der Waals surface area contributed by atoms with E-state index in [1.54, 1.807) is 0 Å². The van der Waals surface area contributed by atoms with Gasteiger partial charge >= 0.3 is 0 Å². The van der Waals surface area contributed by atoms with Crippen LogP contribution in [0.2, 0.25) is 41.3 Å². The third-order valence-corrected chi connectivity index (χ3v) is 15.5. The normalized spacial score (nSPS) is 14.8. The standard InChI is InChI=1S/C22H41ClO3Si2/c1-21(2,3)27(7,8)24-15-14-20(17-25-28(9,10)22(4,5)6)26-19-13-11-12-18(23)16-19/h11-13,16,20H,14-15,17H2,1-10H3/t20-/m0/s1. The van der Waals surface area contributed by atoms with Crippen LogP contribution < -0.4 is 4.74 Å². The fourth-order valence-corrected chi connectivity index (χ4v) is 4.37. The summed E-state index contributed by atoms with van der Waals surface area (Å²) >= 11 is 6.13. The second-order valence-electron chi connectivity index (χ2n) is 10.7. The van der Waals surface area contributed by atoms with Crippen molar-refractivity contribution in [3.05, 3.63) is 29.3 Å². The average molecular weight is 445 g/mol. The highest BCUT2D eigenvalue weighted by Gasteiger charge is 2.39. The molecule has 162 valence electrons. The summed E-state index contributed by atoms with van der Waals surface area (Å²) in [6.07, 6.45) is 0.741. The van der Waals surface area contributed by atoms with Crippen LogP contribution in [0.25, 0.3) is 0 Å². The van der Waals surface area contributed by atoms with Gasteiger partial charge in [-0.25, -0.2) is 0 Å². The maximum Gasteiger partial charge on any atom is 0.192 e. The van der Waals surface area contributed by atoms with Crippen molar-refractivity contribution in [1.82, 2.24) is 0 Å². The maximum atomic E-state index is 6.45. The van der Waals surface area contributed by atoms with E-state index in [0.29, 0.717) is 18.2 Å². The lowest BCUT2D eigenvalue weighted by atomic mass is 10.2. The van der Waals surface area contributed by atoms with Crippen LogP contribution in [0.15, 0.2) is 24.3 Å². The molecule has 6 heteroatoms. The lowest BCUT2D eigenvalue weighted by Gasteiger charge is -2.38. The van der Waals surface area contributed by atoms with Crippen LogP contribution in [-0.4, -0.2) is 36.0 Å². The van der Waals surface area contributed by atoms with Crippen LogP contribution in [0.5, 0.6) is 5.75 Å². The summed E-state index contributed by atoms with van der Waals surface area (Å²) in [6, 6.07) is 7.57. The Morgan fingerprint density at radius 1 is 0.893 bits per heavy atom. The van der Waals surface area contributed by atoms with Crippen LogP contribution >= 0.6 is 11.6 Å². The monoisotopic (exact) mass is 444 g/mol. The molecule has 1 atom stereocenters. The molecule has 1 rings (SSSR count). The van der Waals surface area contributed by atoms with Gasteiger partial charge < -0.3 is 13.6 Å². The predicted molar refractivity (Wildman–Crippen MR) is 127 cm³/mol. The molecule has 0 unspecified atom stereocenters. The van der Waals surface area contributed by atoms with Crippen molar-refractivity contribution in [2.45, 2.75) is 90.3 Å². The van der Waals surface area contributed by atoms with Gasteiger partial charge in [0.05, 0.1) is 6.61 Å². The summed E-state index contributed by atoms with van der Waals surface area (Å²) in [5, 5.41) is 1.05. The lowest BCUT2D eigenvalue weighted by Crippen LogP contribution is -2.44. The Morgan fingerprint density at radius 2 is 1.43 bits per heavy atom. The minimum Gasteiger partial charge on any atom is -0.488 e. The molecule has 0 bridgehead atoms. The zero-order valence-electron chi connectivity index (χ0n) is 19.6. The quantitative estimate of drug-likeness (QED) is 0.368.